The largest absolute Gasteiger partial charge is 0.356 e. The van der Waals surface area contributed by atoms with Crippen LogP contribution in [0.3, 0.4) is 0 Å². The van der Waals surface area contributed by atoms with Crippen LogP contribution in [0.1, 0.15) is 0 Å². The van der Waals surface area contributed by atoms with Crippen LogP contribution in [0.4, 0.5) is 8.78 Å². The molecule has 16 heavy (non-hydrogen) atoms. The van der Waals surface area contributed by atoms with Crippen molar-refractivity contribution in [2.24, 2.45) is 4.99 Å². The molecule has 2 aliphatic rings. The summed E-state index contributed by atoms with van der Waals surface area (Å²) in [6, 6.07) is 0. The van der Waals surface area contributed by atoms with Crippen LogP contribution < -0.4 is 5.32 Å². The number of halogens is 2. The van der Waals surface area contributed by atoms with E-state index in [-0.39, 0.29) is 11.3 Å². The van der Waals surface area contributed by atoms with E-state index >= 15 is 0 Å². The first-order valence-corrected chi connectivity index (χ1v) is 4.50. The van der Waals surface area contributed by atoms with Gasteiger partial charge in [0.25, 0.3) is 11.8 Å². The summed E-state index contributed by atoms with van der Waals surface area (Å²) in [4.78, 5) is 14.8. The molecule has 1 amide bonds. The standard InChI is InChI=1S/C10H8F2N2O2/c11-8-4-6(1-2-10(8,12)16)3-7-9(15)14-5-13-7/h1-5,8,16H,(H,13,14,15). The minimum atomic E-state index is -2.98. The van der Waals surface area contributed by atoms with Crippen molar-refractivity contribution in [3.05, 3.63) is 35.6 Å². The maximum absolute atomic E-state index is 13.1. The third kappa shape index (κ3) is 1.92. The maximum Gasteiger partial charge on any atom is 0.275 e. The number of alkyl halides is 2. The Bertz CT molecular complexity index is 450. The van der Waals surface area contributed by atoms with Crippen LogP contribution >= 0.6 is 0 Å². The first-order chi connectivity index (χ1) is 7.49. The molecule has 0 saturated carbocycles. The lowest BCUT2D eigenvalue weighted by molar-refractivity contribution is -0.115. The summed E-state index contributed by atoms with van der Waals surface area (Å²) in [5.41, 5.74) is 0.381. The van der Waals surface area contributed by atoms with Gasteiger partial charge < -0.3 is 10.4 Å². The van der Waals surface area contributed by atoms with E-state index in [1.54, 1.807) is 0 Å². The highest BCUT2D eigenvalue weighted by atomic mass is 19.2. The highest BCUT2D eigenvalue weighted by molar-refractivity contribution is 6.05. The lowest BCUT2D eigenvalue weighted by Crippen LogP contribution is -2.32. The lowest BCUT2D eigenvalue weighted by atomic mass is 10.0. The highest BCUT2D eigenvalue weighted by Gasteiger charge is 2.35. The van der Waals surface area contributed by atoms with Crippen molar-refractivity contribution >= 4 is 12.2 Å². The molecule has 0 bridgehead atoms. The maximum atomic E-state index is 13.1. The van der Waals surface area contributed by atoms with Crippen molar-refractivity contribution in [2.75, 3.05) is 0 Å². The second-order valence-electron chi connectivity index (χ2n) is 3.39. The fraction of sp³-hybridized carbons (Fsp3) is 0.200. The predicted octanol–water partition coefficient (Wildman–Crippen LogP) is 0.521. The number of carbonyl (C=O) groups excluding carboxylic acids is 1. The average Bonchev–Trinajstić information content (AvgIpc) is 2.59. The Labute approximate surface area is 89.7 Å². The normalized spacial score (nSPS) is 35.4. The Balaban J connectivity index is 2.23. The number of carbonyl (C=O) groups is 1. The molecule has 84 valence electrons. The Morgan fingerprint density at radius 2 is 2.38 bits per heavy atom. The number of nitrogens with one attached hydrogen (secondary N) is 1. The molecular weight excluding hydrogens is 218 g/mol. The molecule has 1 heterocycles. The monoisotopic (exact) mass is 226 g/mol. The lowest BCUT2D eigenvalue weighted by Gasteiger charge is -2.20. The summed E-state index contributed by atoms with van der Waals surface area (Å²) in [5.74, 6) is -3.39. The molecule has 4 nitrogen and oxygen atoms in total. The van der Waals surface area contributed by atoms with Crippen molar-refractivity contribution in [2.45, 2.75) is 12.0 Å². The Kier molecular flexibility index (Phi) is 2.43. The molecule has 0 aromatic carbocycles. The van der Waals surface area contributed by atoms with E-state index in [1.807, 2.05) is 0 Å². The molecule has 0 radical (unpaired) electrons. The average molecular weight is 226 g/mol. The number of allylic oxidation sites excluding steroid dienone is 3. The van der Waals surface area contributed by atoms with Gasteiger partial charge in [-0.1, -0.05) is 6.08 Å². The molecule has 1 aliphatic heterocycles. The predicted molar refractivity (Wildman–Crippen MR) is 52.9 cm³/mol. The quantitative estimate of drug-likeness (QED) is 0.640. The molecule has 0 aromatic heterocycles. The van der Waals surface area contributed by atoms with Gasteiger partial charge in [-0.3, -0.25) is 4.79 Å². The fourth-order valence-electron chi connectivity index (χ4n) is 1.30. The molecular formula is C10H8F2N2O2. The van der Waals surface area contributed by atoms with Gasteiger partial charge in [-0.05, 0) is 23.8 Å². The van der Waals surface area contributed by atoms with Gasteiger partial charge in [-0.15, -0.1) is 0 Å². The van der Waals surface area contributed by atoms with Crippen LogP contribution in [-0.2, 0) is 4.79 Å². The van der Waals surface area contributed by atoms with Crippen LogP contribution in [0, 0.1) is 0 Å². The zero-order chi connectivity index (χ0) is 11.8. The zero-order valence-corrected chi connectivity index (χ0v) is 8.02. The Morgan fingerprint density at radius 1 is 1.62 bits per heavy atom. The van der Waals surface area contributed by atoms with Crippen LogP contribution in [0.15, 0.2) is 40.6 Å². The third-order valence-corrected chi connectivity index (χ3v) is 2.17. The summed E-state index contributed by atoms with van der Waals surface area (Å²) in [6.07, 6.45) is 3.12. The van der Waals surface area contributed by atoms with Crippen molar-refractivity contribution in [1.29, 1.82) is 0 Å². The van der Waals surface area contributed by atoms with Crippen molar-refractivity contribution in [3.63, 3.8) is 0 Å². The topological polar surface area (TPSA) is 61.7 Å². The first-order valence-electron chi connectivity index (χ1n) is 4.50. The van der Waals surface area contributed by atoms with Gasteiger partial charge >= 0.3 is 0 Å². The minimum absolute atomic E-state index is 0.104. The summed E-state index contributed by atoms with van der Waals surface area (Å²) < 4.78 is 26.0. The zero-order valence-electron chi connectivity index (χ0n) is 8.02. The van der Waals surface area contributed by atoms with E-state index in [0.29, 0.717) is 6.08 Å². The summed E-state index contributed by atoms with van der Waals surface area (Å²) in [6.45, 7) is 0. The van der Waals surface area contributed by atoms with E-state index in [0.717, 1.165) is 6.08 Å². The molecule has 6 heteroatoms. The van der Waals surface area contributed by atoms with Gasteiger partial charge in [0.1, 0.15) is 5.70 Å². The van der Waals surface area contributed by atoms with Gasteiger partial charge in [-0.2, -0.15) is 0 Å². The van der Waals surface area contributed by atoms with Crippen molar-refractivity contribution < 1.29 is 18.7 Å². The van der Waals surface area contributed by atoms with Crippen molar-refractivity contribution in [3.8, 4) is 0 Å². The van der Waals surface area contributed by atoms with E-state index in [9.17, 15) is 13.6 Å². The number of hydrogen-bond donors (Lipinski definition) is 2. The number of amides is 1. The van der Waals surface area contributed by atoms with Gasteiger partial charge in [-0.25, -0.2) is 13.8 Å². The Morgan fingerprint density at radius 3 is 2.94 bits per heavy atom. The number of rotatable bonds is 1. The summed E-state index contributed by atoms with van der Waals surface area (Å²) >= 11 is 0. The molecule has 2 unspecified atom stereocenters. The Hall–Kier alpha value is -1.82. The molecule has 0 spiro atoms. The van der Waals surface area contributed by atoms with Crippen LogP contribution in [0.25, 0.3) is 0 Å². The molecule has 0 fully saturated rings. The third-order valence-electron chi connectivity index (χ3n) is 2.17. The van der Waals surface area contributed by atoms with Gasteiger partial charge in [0.15, 0.2) is 6.17 Å². The minimum Gasteiger partial charge on any atom is -0.356 e. The molecule has 0 aromatic rings. The van der Waals surface area contributed by atoms with E-state index in [1.165, 1.54) is 18.5 Å². The second-order valence-corrected chi connectivity index (χ2v) is 3.39. The van der Waals surface area contributed by atoms with E-state index in [4.69, 9.17) is 5.11 Å². The summed E-state index contributed by atoms with van der Waals surface area (Å²) in [5, 5.41) is 11.2. The SMILES string of the molecule is O=C1NC=NC1=CC1=CC(F)C(O)(F)C=C1. The molecule has 2 N–H and O–H groups in total. The number of aliphatic imine (C=N–C) groups is 1. The molecule has 2 atom stereocenters. The fourth-order valence-corrected chi connectivity index (χ4v) is 1.30. The summed E-state index contributed by atoms with van der Waals surface area (Å²) in [7, 11) is 0. The van der Waals surface area contributed by atoms with Crippen LogP contribution in [0.2, 0.25) is 0 Å². The molecule has 1 aliphatic carbocycles. The highest BCUT2D eigenvalue weighted by Crippen LogP contribution is 2.26. The van der Waals surface area contributed by atoms with Gasteiger partial charge in [0.2, 0.25) is 0 Å². The van der Waals surface area contributed by atoms with E-state index in [2.05, 4.69) is 10.3 Å². The van der Waals surface area contributed by atoms with E-state index < -0.39 is 17.9 Å². The van der Waals surface area contributed by atoms with Gasteiger partial charge in [0, 0.05) is 0 Å². The second kappa shape index (κ2) is 3.64. The smallest absolute Gasteiger partial charge is 0.275 e. The first kappa shape index (κ1) is 10.7. The van der Waals surface area contributed by atoms with Gasteiger partial charge in [0.05, 0.1) is 6.34 Å². The van der Waals surface area contributed by atoms with Crippen molar-refractivity contribution in [1.82, 2.24) is 5.32 Å². The number of hydrogen-bond acceptors (Lipinski definition) is 3. The van der Waals surface area contributed by atoms with Crippen LogP contribution in [0.5, 0.6) is 0 Å². The molecule has 2 rings (SSSR count). The number of nitrogens with zero attached hydrogens (tertiary/aromatic N) is 1. The molecule has 0 saturated heterocycles. The van der Waals surface area contributed by atoms with Crippen LogP contribution in [-0.4, -0.2) is 29.4 Å². The number of aliphatic hydroxyl groups is 1.